The second-order valence-corrected chi connectivity index (χ2v) is 4.31. The van der Waals surface area contributed by atoms with Crippen LogP contribution in [-0.4, -0.2) is 0 Å². The Labute approximate surface area is 115 Å². The van der Waals surface area contributed by atoms with Crippen LogP contribution in [0.1, 0.15) is 29.2 Å². The largest absolute Gasteiger partial charge is 0.0984 e. The van der Waals surface area contributed by atoms with E-state index in [-0.39, 0.29) is 0 Å². The smallest absolute Gasteiger partial charge is 0.00992 e. The van der Waals surface area contributed by atoms with E-state index in [1.807, 2.05) is 37.3 Å². The monoisotopic (exact) mass is 246 g/mol. The molecule has 0 unspecified atom stereocenters. The van der Waals surface area contributed by atoms with Crippen molar-refractivity contribution in [3.05, 3.63) is 72.3 Å². The summed E-state index contributed by atoms with van der Waals surface area (Å²) in [4.78, 5) is 0. The van der Waals surface area contributed by atoms with E-state index in [1.165, 1.54) is 10.8 Å². The molecule has 0 radical (unpaired) electrons. The van der Waals surface area contributed by atoms with Crippen molar-refractivity contribution >= 4 is 35.1 Å². The van der Waals surface area contributed by atoms with Gasteiger partial charge < -0.3 is 0 Å². The Morgan fingerprint density at radius 3 is 1.63 bits per heavy atom. The molecule has 2 aromatic rings. The van der Waals surface area contributed by atoms with Crippen molar-refractivity contribution < 1.29 is 0 Å². The van der Waals surface area contributed by atoms with Gasteiger partial charge in [-0.3, -0.25) is 0 Å². The van der Waals surface area contributed by atoms with Crippen LogP contribution in [0.15, 0.2) is 50.1 Å². The zero-order valence-electron chi connectivity index (χ0n) is 11.3. The lowest BCUT2D eigenvalue weighted by atomic mass is 9.88. The number of fused-ring (bicyclic) bond motifs is 1. The minimum absolute atomic E-state index is 1.11. The SMILES string of the molecule is C=Cc1c(/C=C\C)c(C=C)c2ccccc2c1C=C. The fourth-order valence-corrected chi connectivity index (χ4v) is 2.54. The summed E-state index contributed by atoms with van der Waals surface area (Å²) in [5.74, 6) is 0. The summed E-state index contributed by atoms with van der Waals surface area (Å²) in [6.45, 7) is 13.9. The van der Waals surface area contributed by atoms with Crippen molar-refractivity contribution in [1.82, 2.24) is 0 Å². The molecule has 0 aliphatic heterocycles. The Bertz CT molecular complexity index is 685. The Hall–Kier alpha value is -2.34. The van der Waals surface area contributed by atoms with Crippen LogP contribution in [0, 0.1) is 0 Å². The highest BCUT2D eigenvalue weighted by atomic mass is 14.2. The number of allylic oxidation sites excluding steroid dienone is 1. The average molecular weight is 246 g/mol. The van der Waals surface area contributed by atoms with Crippen LogP contribution < -0.4 is 0 Å². The highest BCUT2D eigenvalue weighted by molar-refractivity contribution is 6.02. The first-order chi connectivity index (χ1) is 9.28. The molecule has 0 heteroatoms. The minimum Gasteiger partial charge on any atom is -0.0984 e. The first-order valence-electron chi connectivity index (χ1n) is 6.37. The molecule has 0 saturated carbocycles. The summed E-state index contributed by atoms with van der Waals surface area (Å²) in [5.41, 5.74) is 4.54. The predicted molar refractivity (Wildman–Crippen MR) is 88.9 cm³/mol. The van der Waals surface area contributed by atoms with E-state index in [4.69, 9.17) is 0 Å². The lowest BCUT2D eigenvalue weighted by molar-refractivity contribution is 1.59. The molecule has 0 aliphatic rings. The Kier molecular flexibility index (Phi) is 3.82. The van der Waals surface area contributed by atoms with E-state index in [0.717, 1.165) is 22.3 Å². The van der Waals surface area contributed by atoms with Crippen molar-refractivity contribution in [2.75, 3.05) is 0 Å². The molecule has 0 aliphatic carbocycles. The van der Waals surface area contributed by atoms with Gasteiger partial charge in [0, 0.05) is 0 Å². The summed E-state index contributed by atoms with van der Waals surface area (Å²) in [5, 5.41) is 2.39. The summed E-state index contributed by atoms with van der Waals surface area (Å²) < 4.78 is 0. The molecule has 0 spiro atoms. The first-order valence-corrected chi connectivity index (χ1v) is 6.37. The van der Waals surface area contributed by atoms with E-state index in [0.29, 0.717) is 0 Å². The highest BCUT2D eigenvalue weighted by Gasteiger charge is 2.12. The summed E-state index contributed by atoms with van der Waals surface area (Å²) in [6.07, 6.45) is 9.85. The van der Waals surface area contributed by atoms with Gasteiger partial charge in [-0.15, -0.1) is 0 Å². The third kappa shape index (κ3) is 2.06. The van der Waals surface area contributed by atoms with Gasteiger partial charge in [0.05, 0.1) is 0 Å². The normalized spacial score (nSPS) is 10.8. The number of rotatable bonds is 4. The van der Waals surface area contributed by atoms with Crippen LogP contribution >= 0.6 is 0 Å². The summed E-state index contributed by atoms with van der Waals surface area (Å²) in [7, 11) is 0. The van der Waals surface area contributed by atoms with E-state index >= 15 is 0 Å². The van der Waals surface area contributed by atoms with Crippen LogP contribution in [0.3, 0.4) is 0 Å². The van der Waals surface area contributed by atoms with Gasteiger partial charge in [0.1, 0.15) is 0 Å². The van der Waals surface area contributed by atoms with Crippen molar-refractivity contribution in [1.29, 1.82) is 0 Å². The first kappa shape index (κ1) is 13.1. The van der Waals surface area contributed by atoms with Gasteiger partial charge in [-0.1, -0.05) is 74.4 Å². The van der Waals surface area contributed by atoms with Crippen molar-refractivity contribution in [2.45, 2.75) is 6.92 Å². The zero-order valence-corrected chi connectivity index (χ0v) is 11.3. The molecule has 0 saturated heterocycles. The molecule has 2 aromatic carbocycles. The fraction of sp³-hybridized carbons (Fsp3) is 0.0526. The summed E-state index contributed by atoms with van der Waals surface area (Å²) >= 11 is 0. The van der Waals surface area contributed by atoms with Gasteiger partial charge in [0.15, 0.2) is 0 Å². The second-order valence-electron chi connectivity index (χ2n) is 4.31. The standard InChI is InChI=1S/C19H18/c1-5-11-17-14(6-2)15(7-3)18-12-9-10-13-19(18)16(17)8-4/h5-13H,2-4H2,1H3/b11-5-. The Balaban J connectivity index is 3.10. The maximum absolute atomic E-state index is 3.96. The number of benzene rings is 2. The van der Waals surface area contributed by atoms with E-state index < -0.39 is 0 Å². The fourth-order valence-electron chi connectivity index (χ4n) is 2.54. The maximum atomic E-state index is 3.96. The van der Waals surface area contributed by atoms with Crippen LogP contribution in [-0.2, 0) is 0 Å². The van der Waals surface area contributed by atoms with Crippen LogP contribution in [0.4, 0.5) is 0 Å². The third-order valence-electron chi connectivity index (χ3n) is 3.32. The molecule has 0 amide bonds. The van der Waals surface area contributed by atoms with E-state index in [2.05, 4.69) is 44.0 Å². The van der Waals surface area contributed by atoms with Crippen molar-refractivity contribution in [2.24, 2.45) is 0 Å². The van der Waals surface area contributed by atoms with Crippen molar-refractivity contribution in [3.8, 4) is 0 Å². The van der Waals surface area contributed by atoms with Gasteiger partial charge in [-0.25, -0.2) is 0 Å². The molecule has 0 atom stereocenters. The lowest BCUT2D eigenvalue weighted by Gasteiger charge is -2.15. The molecule has 0 nitrogen and oxygen atoms in total. The molecule has 19 heavy (non-hydrogen) atoms. The number of hydrogen-bond donors (Lipinski definition) is 0. The molecule has 94 valence electrons. The topological polar surface area (TPSA) is 0 Å². The number of hydrogen-bond acceptors (Lipinski definition) is 0. The van der Waals surface area contributed by atoms with E-state index in [9.17, 15) is 0 Å². The van der Waals surface area contributed by atoms with Gasteiger partial charge >= 0.3 is 0 Å². The van der Waals surface area contributed by atoms with Crippen LogP contribution in [0.2, 0.25) is 0 Å². The molecule has 0 aromatic heterocycles. The quantitative estimate of drug-likeness (QED) is 0.639. The minimum atomic E-state index is 1.11. The van der Waals surface area contributed by atoms with Crippen LogP contribution in [0.5, 0.6) is 0 Å². The summed E-state index contributed by atoms with van der Waals surface area (Å²) in [6, 6.07) is 8.34. The molecule has 0 heterocycles. The van der Waals surface area contributed by atoms with E-state index in [1.54, 1.807) is 0 Å². The van der Waals surface area contributed by atoms with Crippen LogP contribution in [0.25, 0.3) is 35.1 Å². The Morgan fingerprint density at radius 2 is 1.21 bits per heavy atom. The highest BCUT2D eigenvalue weighted by Crippen LogP contribution is 2.33. The molecule has 0 fully saturated rings. The molecule has 0 N–H and O–H groups in total. The lowest BCUT2D eigenvalue weighted by Crippen LogP contribution is -1.94. The molecule has 2 rings (SSSR count). The molecule has 0 bridgehead atoms. The zero-order chi connectivity index (χ0) is 13.8. The Morgan fingerprint density at radius 1 is 0.737 bits per heavy atom. The van der Waals surface area contributed by atoms with Gasteiger partial charge in [-0.05, 0) is 39.9 Å². The van der Waals surface area contributed by atoms with Gasteiger partial charge in [0.2, 0.25) is 0 Å². The molecular weight excluding hydrogens is 228 g/mol. The maximum Gasteiger partial charge on any atom is -0.00992 e. The molecular formula is C19H18. The second kappa shape index (κ2) is 5.53. The van der Waals surface area contributed by atoms with Crippen molar-refractivity contribution in [3.63, 3.8) is 0 Å². The van der Waals surface area contributed by atoms with Gasteiger partial charge in [0.25, 0.3) is 0 Å². The predicted octanol–water partition coefficient (Wildman–Crippen LogP) is 5.80. The third-order valence-corrected chi connectivity index (χ3v) is 3.32. The average Bonchev–Trinajstić information content (AvgIpc) is 2.46. The van der Waals surface area contributed by atoms with Gasteiger partial charge in [-0.2, -0.15) is 0 Å².